The number of ether oxygens (including phenoxy) is 1. The molecule has 0 aliphatic heterocycles. The zero-order valence-corrected chi connectivity index (χ0v) is 10.7. The van der Waals surface area contributed by atoms with Gasteiger partial charge < -0.3 is 20.2 Å². The molecule has 1 heterocycles. The van der Waals surface area contributed by atoms with Gasteiger partial charge in [0.1, 0.15) is 11.5 Å². The highest BCUT2D eigenvalue weighted by atomic mass is 16.5. The minimum atomic E-state index is -0.273. The van der Waals surface area contributed by atoms with E-state index in [1.807, 2.05) is 24.3 Å². The fourth-order valence-corrected chi connectivity index (χ4v) is 1.72. The quantitative estimate of drug-likeness (QED) is 0.857. The first kappa shape index (κ1) is 13.2. The summed E-state index contributed by atoms with van der Waals surface area (Å²) in [6.07, 6.45) is 0. The number of nitrogens with two attached hydrogens (primary N) is 1. The molecule has 3 N–H and O–H groups in total. The Hall–Kier alpha value is -2.27. The molecule has 19 heavy (non-hydrogen) atoms. The number of nitrogens with one attached hydrogen (secondary N) is 1. The van der Waals surface area contributed by atoms with Gasteiger partial charge in [-0.2, -0.15) is 0 Å². The van der Waals surface area contributed by atoms with Crippen LogP contribution in [-0.2, 0) is 13.1 Å². The molecule has 0 aliphatic rings. The predicted molar refractivity (Wildman–Crippen MR) is 70.8 cm³/mol. The lowest BCUT2D eigenvalue weighted by Crippen LogP contribution is -2.22. The third kappa shape index (κ3) is 3.14. The van der Waals surface area contributed by atoms with E-state index in [1.165, 1.54) is 0 Å². The Bertz CT molecular complexity index is 563. The van der Waals surface area contributed by atoms with Crippen molar-refractivity contribution in [2.75, 3.05) is 7.11 Å². The van der Waals surface area contributed by atoms with Crippen molar-refractivity contribution in [2.24, 2.45) is 5.73 Å². The summed E-state index contributed by atoms with van der Waals surface area (Å²) < 4.78 is 10.5. The monoisotopic (exact) mass is 260 g/mol. The molecule has 1 aromatic heterocycles. The van der Waals surface area contributed by atoms with E-state index in [2.05, 4.69) is 5.32 Å². The predicted octanol–water partition coefficient (Wildman–Crippen LogP) is 1.68. The van der Waals surface area contributed by atoms with Crippen molar-refractivity contribution in [1.82, 2.24) is 5.32 Å². The molecule has 0 aliphatic carbocycles. The summed E-state index contributed by atoms with van der Waals surface area (Å²) >= 11 is 0. The second kappa shape index (κ2) is 6.06. The lowest BCUT2D eigenvalue weighted by atomic mass is 10.2. The highest BCUT2D eigenvalue weighted by Crippen LogP contribution is 2.17. The number of benzene rings is 1. The molecule has 100 valence electrons. The first-order valence-electron chi connectivity index (χ1n) is 5.93. The van der Waals surface area contributed by atoms with Gasteiger partial charge in [-0.15, -0.1) is 0 Å². The molecule has 0 spiro atoms. The van der Waals surface area contributed by atoms with Gasteiger partial charge in [0, 0.05) is 12.1 Å². The molecule has 0 saturated carbocycles. The molecule has 0 saturated heterocycles. The summed E-state index contributed by atoms with van der Waals surface area (Å²) in [5, 5.41) is 2.77. The standard InChI is InChI=1S/C14H16N2O3/c1-18-12-5-3-2-4-10(12)9-16-14(17)13-7-6-11(8-15)19-13/h2-7H,8-9,15H2,1H3,(H,16,17). The zero-order valence-electron chi connectivity index (χ0n) is 10.7. The van der Waals surface area contributed by atoms with Crippen LogP contribution in [0.3, 0.4) is 0 Å². The Labute approximate surface area is 111 Å². The molecule has 1 aromatic carbocycles. The number of furan rings is 1. The number of rotatable bonds is 5. The average molecular weight is 260 g/mol. The second-order valence-corrected chi connectivity index (χ2v) is 3.96. The van der Waals surface area contributed by atoms with Gasteiger partial charge in [-0.05, 0) is 18.2 Å². The molecule has 0 bridgehead atoms. The van der Waals surface area contributed by atoms with Gasteiger partial charge in [-0.1, -0.05) is 18.2 Å². The highest BCUT2D eigenvalue weighted by Gasteiger charge is 2.11. The van der Waals surface area contributed by atoms with Gasteiger partial charge in [-0.3, -0.25) is 4.79 Å². The SMILES string of the molecule is COc1ccccc1CNC(=O)c1ccc(CN)o1. The van der Waals surface area contributed by atoms with Crippen LogP contribution < -0.4 is 15.8 Å². The maximum Gasteiger partial charge on any atom is 0.287 e. The Kier molecular flexibility index (Phi) is 4.20. The Morgan fingerprint density at radius 3 is 2.79 bits per heavy atom. The molecule has 2 aromatic rings. The van der Waals surface area contributed by atoms with Crippen LogP contribution in [0.5, 0.6) is 5.75 Å². The number of para-hydroxylation sites is 1. The van der Waals surface area contributed by atoms with Crippen molar-refractivity contribution in [1.29, 1.82) is 0 Å². The van der Waals surface area contributed by atoms with E-state index in [0.717, 1.165) is 11.3 Å². The first-order valence-corrected chi connectivity index (χ1v) is 5.93. The maximum atomic E-state index is 11.9. The molecular weight excluding hydrogens is 244 g/mol. The van der Waals surface area contributed by atoms with Crippen LogP contribution in [0.1, 0.15) is 21.9 Å². The summed E-state index contributed by atoms with van der Waals surface area (Å²) in [5.74, 6) is 1.31. The Morgan fingerprint density at radius 1 is 1.32 bits per heavy atom. The molecule has 1 amide bonds. The van der Waals surface area contributed by atoms with Crippen molar-refractivity contribution in [2.45, 2.75) is 13.1 Å². The Balaban J connectivity index is 2.00. The molecule has 0 fully saturated rings. The van der Waals surface area contributed by atoms with Crippen LogP contribution >= 0.6 is 0 Å². The highest BCUT2D eigenvalue weighted by molar-refractivity contribution is 5.91. The van der Waals surface area contributed by atoms with Gasteiger partial charge in [0.05, 0.1) is 13.7 Å². The molecular formula is C14H16N2O3. The minimum absolute atomic E-state index is 0.260. The normalized spacial score (nSPS) is 10.2. The van der Waals surface area contributed by atoms with Gasteiger partial charge in [0.2, 0.25) is 0 Å². The summed E-state index contributed by atoms with van der Waals surface area (Å²) in [6, 6.07) is 10.8. The van der Waals surface area contributed by atoms with E-state index < -0.39 is 0 Å². The van der Waals surface area contributed by atoms with Crippen molar-refractivity contribution in [3.05, 3.63) is 53.5 Å². The van der Waals surface area contributed by atoms with Gasteiger partial charge in [0.25, 0.3) is 5.91 Å². The van der Waals surface area contributed by atoms with Gasteiger partial charge >= 0.3 is 0 Å². The molecule has 0 atom stereocenters. The van der Waals surface area contributed by atoms with Gasteiger partial charge in [0.15, 0.2) is 5.76 Å². The van der Waals surface area contributed by atoms with E-state index in [1.54, 1.807) is 19.2 Å². The minimum Gasteiger partial charge on any atom is -0.496 e. The van der Waals surface area contributed by atoms with Crippen LogP contribution in [0.25, 0.3) is 0 Å². The number of hydrogen-bond donors (Lipinski definition) is 2. The average Bonchev–Trinajstić information content (AvgIpc) is 2.94. The molecule has 5 heteroatoms. The fraction of sp³-hybridized carbons (Fsp3) is 0.214. The van der Waals surface area contributed by atoms with E-state index >= 15 is 0 Å². The van der Waals surface area contributed by atoms with E-state index in [4.69, 9.17) is 14.9 Å². The third-order valence-corrected chi connectivity index (χ3v) is 2.72. The third-order valence-electron chi connectivity index (χ3n) is 2.72. The van der Waals surface area contributed by atoms with Crippen LogP contribution in [0.2, 0.25) is 0 Å². The summed E-state index contributed by atoms with van der Waals surface area (Å²) in [4.78, 5) is 11.9. The van der Waals surface area contributed by atoms with E-state index in [0.29, 0.717) is 12.3 Å². The van der Waals surface area contributed by atoms with E-state index in [-0.39, 0.29) is 18.2 Å². The maximum absolute atomic E-state index is 11.9. The van der Waals surface area contributed by atoms with E-state index in [9.17, 15) is 4.79 Å². The Morgan fingerprint density at radius 2 is 2.11 bits per heavy atom. The van der Waals surface area contributed by atoms with Crippen molar-refractivity contribution in [3.63, 3.8) is 0 Å². The summed E-state index contributed by atoms with van der Waals surface area (Å²) in [5.41, 5.74) is 6.33. The molecule has 0 unspecified atom stereocenters. The molecule has 0 radical (unpaired) electrons. The molecule has 2 rings (SSSR count). The van der Waals surface area contributed by atoms with Crippen molar-refractivity contribution >= 4 is 5.91 Å². The van der Waals surface area contributed by atoms with Crippen LogP contribution in [0, 0.1) is 0 Å². The lowest BCUT2D eigenvalue weighted by Gasteiger charge is -2.08. The van der Waals surface area contributed by atoms with Crippen molar-refractivity contribution in [3.8, 4) is 5.75 Å². The largest absolute Gasteiger partial charge is 0.496 e. The summed E-state index contributed by atoms with van der Waals surface area (Å²) in [6.45, 7) is 0.654. The number of carbonyl (C=O) groups excluding carboxylic acids is 1. The lowest BCUT2D eigenvalue weighted by molar-refractivity contribution is 0.0921. The van der Waals surface area contributed by atoms with Crippen molar-refractivity contribution < 1.29 is 13.9 Å². The fourth-order valence-electron chi connectivity index (χ4n) is 1.72. The van der Waals surface area contributed by atoms with Crippen LogP contribution in [0.4, 0.5) is 0 Å². The number of amides is 1. The summed E-state index contributed by atoms with van der Waals surface area (Å²) in [7, 11) is 1.60. The zero-order chi connectivity index (χ0) is 13.7. The first-order chi connectivity index (χ1) is 9.24. The van der Waals surface area contributed by atoms with Crippen LogP contribution in [0.15, 0.2) is 40.8 Å². The smallest absolute Gasteiger partial charge is 0.287 e. The second-order valence-electron chi connectivity index (χ2n) is 3.96. The number of carbonyl (C=O) groups is 1. The van der Waals surface area contributed by atoms with Gasteiger partial charge in [-0.25, -0.2) is 0 Å². The number of hydrogen-bond acceptors (Lipinski definition) is 4. The van der Waals surface area contributed by atoms with Crippen LogP contribution in [-0.4, -0.2) is 13.0 Å². The number of methoxy groups -OCH3 is 1. The molecule has 5 nitrogen and oxygen atoms in total. The topological polar surface area (TPSA) is 77.5 Å².